The van der Waals surface area contributed by atoms with Gasteiger partial charge in [0.1, 0.15) is 17.7 Å². The predicted molar refractivity (Wildman–Crippen MR) is 96.3 cm³/mol. The summed E-state index contributed by atoms with van der Waals surface area (Å²) in [7, 11) is 0. The van der Waals surface area contributed by atoms with Gasteiger partial charge in [-0.2, -0.15) is 5.26 Å². The number of hydrogen-bond acceptors (Lipinski definition) is 5. The number of nitrogens with one attached hydrogen (secondary N) is 2. The van der Waals surface area contributed by atoms with Gasteiger partial charge in [-0.05, 0) is 31.5 Å². The van der Waals surface area contributed by atoms with Crippen molar-refractivity contribution >= 4 is 16.8 Å². The van der Waals surface area contributed by atoms with Crippen LogP contribution >= 0.6 is 0 Å². The van der Waals surface area contributed by atoms with Gasteiger partial charge in [-0.15, -0.1) is 0 Å². The fourth-order valence-corrected chi connectivity index (χ4v) is 2.68. The number of benzene rings is 1. The van der Waals surface area contributed by atoms with Gasteiger partial charge >= 0.3 is 0 Å². The first-order valence-corrected chi connectivity index (χ1v) is 8.21. The Labute approximate surface area is 153 Å². The van der Waals surface area contributed by atoms with Gasteiger partial charge in [-0.25, -0.2) is 14.4 Å². The third-order valence-electron chi connectivity index (χ3n) is 4.15. The standard InChI is InChI=1S/C19H16FN5O2/c1-10-3-4-15-14(17(10)20)5-13(19(27)25-15)6-16(26)24-11(2)18-22-8-12(7-21)9-23-18/h3-5,8-9,11H,6H2,1-2H3,(H,24,26)(H,25,27)/t11-/m1/s1. The van der Waals surface area contributed by atoms with E-state index in [1.165, 1.54) is 18.5 Å². The molecular weight excluding hydrogens is 349 g/mol. The van der Waals surface area contributed by atoms with Crippen LogP contribution in [0.2, 0.25) is 0 Å². The first-order chi connectivity index (χ1) is 12.9. The van der Waals surface area contributed by atoms with Crippen molar-refractivity contribution in [1.82, 2.24) is 20.3 Å². The number of carbonyl (C=O) groups excluding carboxylic acids is 1. The minimum absolute atomic E-state index is 0.164. The molecule has 0 fully saturated rings. The lowest BCUT2D eigenvalue weighted by molar-refractivity contribution is -0.121. The molecule has 2 N–H and O–H groups in total. The van der Waals surface area contributed by atoms with Gasteiger partial charge in [0.15, 0.2) is 0 Å². The molecule has 27 heavy (non-hydrogen) atoms. The van der Waals surface area contributed by atoms with E-state index < -0.39 is 23.3 Å². The molecule has 0 spiro atoms. The highest BCUT2D eigenvalue weighted by molar-refractivity contribution is 5.83. The largest absolute Gasteiger partial charge is 0.346 e. The highest BCUT2D eigenvalue weighted by Gasteiger charge is 2.15. The van der Waals surface area contributed by atoms with E-state index in [4.69, 9.17) is 5.26 Å². The zero-order valence-electron chi connectivity index (χ0n) is 14.7. The van der Waals surface area contributed by atoms with E-state index in [9.17, 15) is 14.0 Å². The first kappa shape index (κ1) is 18.2. The van der Waals surface area contributed by atoms with E-state index in [1.807, 2.05) is 6.07 Å². The van der Waals surface area contributed by atoms with Gasteiger partial charge in [-0.1, -0.05) is 6.07 Å². The fraction of sp³-hybridized carbons (Fsp3) is 0.211. The minimum atomic E-state index is -0.510. The lowest BCUT2D eigenvalue weighted by Crippen LogP contribution is -2.31. The molecule has 0 aliphatic rings. The molecule has 136 valence electrons. The van der Waals surface area contributed by atoms with Gasteiger partial charge in [0.2, 0.25) is 5.91 Å². The molecule has 3 rings (SSSR count). The number of aromatic nitrogens is 3. The number of amides is 1. The zero-order chi connectivity index (χ0) is 19.6. The number of aryl methyl sites for hydroxylation is 1. The Morgan fingerprint density at radius 3 is 2.74 bits per heavy atom. The van der Waals surface area contributed by atoms with Crippen molar-refractivity contribution < 1.29 is 9.18 Å². The number of aromatic amines is 1. The molecule has 2 heterocycles. The highest BCUT2D eigenvalue weighted by Crippen LogP contribution is 2.19. The second-order valence-electron chi connectivity index (χ2n) is 6.19. The molecule has 0 saturated heterocycles. The zero-order valence-corrected chi connectivity index (χ0v) is 14.7. The second kappa shape index (κ2) is 7.33. The number of H-pyrrole nitrogens is 1. The van der Waals surface area contributed by atoms with Crippen LogP contribution < -0.4 is 10.9 Å². The maximum absolute atomic E-state index is 14.3. The SMILES string of the molecule is Cc1ccc2[nH]c(=O)c(CC(=O)N[C@H](C)c3ncc(C#N)cn3)cc2c1F. The Hall–Kier alpha value is -3.60. The van der Waals surface area contributed by atoms with Gasteiger partial charge < -0.3 is 10.3 Å². The Bertz CT molecular complexity index is 1120. The molecule has 0 aliphatic carbocycles. The van der Waals surface area contributed by atoms with Gasteiger partial charge in [0.05, 0.1) is 23.5 Å². The predicted octanol–water partition coefficient (Wildman–Crippen LogP) is 2.06. The first-order valence-electron chi connectivity index (χ1n) is 8.21. The molecule has 2 aromatic heterocycles. The topological polar surface area (TPSA) is 112 Å². The molecule has 3 aromatic rings. The van der Waals surface area contributed by atoms with Crippen molar-refractivity contribution in [3.05, 3.63) is 69.3 Å². The molecule has 0 radical (unpaired) electrons. The normalized spacial score (nSPS) is 11.8. The van der Waals surface area contributed by atoms with E-state index in [-0.39, 0.29) is 17.4 Å². The average molecular weight is 365 g/mol. The summed E-state index contributed by atoms with van der Waals surface area (Å²) in [4.78, 5) is 35.1. The third kappa shape index (κ3) is 3.82. The van der Waals surface area contributed by atoms with Crippen LogP contribution in [0.3, 0.4) is 0 Å². The quantitative estimate of drug-likeness (QED) is 0.735. The van der Waals surface area contributed by atoms with Crippen LogP contribution in [-0.4, -0.2) is 20.9 Å². The molecule has 0 saturated carbocycles. The number of pyridine rings is 1. The molecule has 8 heteroatoms. The van der Waals surface area contributed by atoms with Crippen LogP contribution in [0.25, 0.3) is 10.9 Å². The van der Waals surface area contributed by atoms with Crippen LogP contribution in [-0.2, 0) is 11.2 Å². The summed E-state index contributed by atoms with van der Waals surface area (Å²) in [5, 5.41) is 11.7. The lowest BCUT2D eigenvalue weighted by Gasteiger charge is -2.12. The van der Waals surface area contributed by atoms with Crippen molar-refractivity contribution in [3.8, 4) is 6.07 Å². The van der Waals surface area contributed by atoms with Gasteiger partial charge in [0, 0.05) is 23.3 Å². The summed E-state index contributed by atoms with van der Waals surface area (Å²) in [5.41, 5.74) is 0.876. The second-order valence-corrected chi connectivity index (χ2v) is 6.19. The van der Waals surface area contributed by atoms with Crippen LogP contribution in [0.15, 0.2) is 35.4 Å². The summed E-state index contributed by atoms with van der Waals surface area (Å²) in [6, 6.07) is 6.02. The maximum Gasteiger partial charge on any atom is 0.252 e. The van der Waals surface area contributed by atoms with Crippen LogP contribution in [0.5, 0.6) is 0 Å². The molecular formula is C19H16FN5O2. The van der Waals surface area contributed by atoms with Gasteiger partial charge in [-0.3, -0.25) is 9.59 Å². The molecule has 1 amide bonds. The van der Waals surface area contributed by atoms with E-state index in [0.717, 1.165) is 0 Å². The van der Waals surface area contributed by atoms with Crippen molar-refractivity contribution in [3.63, 3.8) is 0 Å². The number of nitrogens with zero attached hydrogens (tertiary/aromatic N) is 3. The summed E-state index contributed by atoms with van der Waals surface area (Å²) < 4.78 is 14.3. The lowest BCUT2D eigenvalue weighted by atomic mass is 10.1. The Morgan fingerprint density at radius 2 is 2.07 bits per heavy atom. The van der Waals surface area contributed by atoms with Gasteiger partial charge in [0.25, 0.3) is 5.56 Å². The van der Waals surface area contributed by atoms with Crippen LogP contribution in [0.1, 0.15) is 35.5 Å². The number of hydrogen-bond donors (Lipinski definition) is 2. The summed E-state index contributed by atoms with van der Waals surface area (Å²) in [6.07, 6.45) is 2.52. The molecule has 7 nitrogen and oxygen atoms in total. The summed E-state index contributed by atoms with van der Waals surface area (Å²) >= 11 is 0. The van der Waals surface area contributed by atoms with Crippen molar-refractivity contribution in [1.29, 1.82) is 5.26 Å². The summed E-state index contributed by atoms with van der Waals surface area (Å²) in [5.74, 6) is -0.505. The smallest absolute Gasteiger partial charge is 0.252 e. The molecule has 0 unspecified atom stereocenters. The fourth-order valence-electron chi connectivity index (χ4n) is 2.68. The monoisotopic (exact) mass is 365 g/mol. The van der Waals surface area contributed by atoms with E-state index in [2.05, 4.69) is 20.3 Å². The number of rotatable bonds is 4. The highest BCUT2D eigenvalue weighted by atomic mass is 19.1. The molecule has 0 aliphatic heterocycles. The van der Waals surface area contributed by atoms with Crippen LogP contribution in [0.4, 0.5) is 4.39 Å². The summed E-state index contributed by atoms with van der Waals surface area (Å²) in [6.45, 7) is 3.32. The maximum atomic E-state index is 14.3. The molecule has 1 aromatic carbocycles. The van der Waals surface area contributed by atoms with Crippen molar-refractivity contribution in [2.75, 3.05) is 0 Å². The third-order valence-corrected chi connectivity index (χ3v) is 4.15. The van der Waals surface area contributed by atoms with Crippen LogP contribution in [0, 0.1) is 24.1 Å². The number of fused-ring (bicyclic) bond motifs is 1. The van der Waals surface area contributed by atoms with E-state index in [1.54, 1.807) is 26.0 Å². The van der Waals surface area contributed by atoms with E-state index >= 15 is 0 Å². The minimum Gasteiger partial charge on any atom is -0.346 e. The number of nitriles is 1. The number of carbonyl (C=O) groups is 1. The molecule has 0 bridgehead atoms. The Balaban J connectivity index is 1.79. The van der Waals surface area contributed by atoms with E-state index in [0.29, 0.717) is 22.5 Å². The molecule has 1 atom stereocenters. The average Bonchev–Trinajstić information content (AvgIpc) is 2.66. The Morgan fingerprint density at radius 1 is 1.37 bits per heavy atom. The van der Waals surface area contributed by atoms with Crippen molar-refractivity contribution in [2.45, 2.75) is 26.3 Å². The van der Waals surface area contributed by atoms with Crippen molar-refractivity contribution in [2.24, 2.45) is 0 Å². The Kier molecular flexibility index (Phi) is 4.94. The number of halogens is 1.